The summed E-state index contributed by atoms with van der Waals surface area (Å²) in [7, 11) is -3.80. The smallest absolute Gasteiger partial charge is 0.408 e. The van der Waals surface area contributed by atoms with Gasteiger partial charge in [-0.2, -0.15) is 0 Å². The average molecular weight is 360 g/mol. The summed E-state index contributed by atoms with van der Waals surface area (Å²) in [6, 6.07) is 5.30. The normalized spacial score (nSPS) is 12.8. The van der Waals surface area contributed by atoms with Gasteiger partial charge in [-0.1, -0.05) is 0 Å². The Balaban J connectivity index is 2.75. The molecule has 0 atom stereocenters. The number of nitrogens with two attached hydrogens (primary N) is 1. The van der Waals surface area contributed by atoms with Gasteiger partial charge in [-0.05, 0) is 45.0 Å². The predicted octanol–water partition coefficient (Wildman–Crippen LogP) is 2.34. The number of carbonyl (C=O) groups is 1. The Bertz CT molecular complexity index is 708. The molecule has 1 aromatic rings. The molecule has 0 radical (unpaired) electrons. The van der Waals surface area contributed by atoms with Crippen molar-refractivity contribution in [3.8, 4) is 5.75 Å². The lowest BCUT2D eigenvalue weighted by Crippen LogP contribution is -2.46. The van der Waals surface area contributed by atoms with E-state index >= 15 is 0 Å². The van der Waals surface area contributed by atoms with E-state index in [-0.39, 0.29) is 23.6 Å². The monoisotopic (exact) mass is 360 g/mol. The largest absolute Gasteiger partial charge is 0.489 e. The fraction of sp³-hybridized carbons (Fsp3) is 0.400. The van der Waals surface area contributed by atoms with Gasteiger partial charge in [0.15, 0.2) is 0 Å². The van der Waals surface area contributed by atoms with E-state index in [2.05, 4.69) is 0 Å². The standard InChI is InChI=1S/C15H21FN2O5S/c1-15(2,3)18(14(19)20)9-11(8-16)10-23-12-4-6-13(7-5-12)24(17,21)22/h4-8H,9-10H2,1-3H3,(H,19,20)(H2,17,21,22)/b11-8-. The third-order valence-electron chi connectivity index (χ3n) is 3.13. The van der Waals surface area contributed by atoms with Gasteiger partial charge >= 0.3 is 6.09 Å². The summed E-state index contributed by atoms with van der Waals surface area (Å²) >= 11 is 0. The number of amides is 1. The van der Waals surface area contributed by atoms with Gasteiger partial charge in [-0.15, -0.1) is 0 Å². The van der Waals surface area contributed by atoms with Crippen LogP contribution in [0.2, 0.25) is 0 Å². The van der Waals surface area contributed by atoms with Crippen molar-refractivity contribution in [1.29, 1.82) is 0 Å². The molecule has 24 heavy (non-hydrogen) atoms. The van der Waals surface area contributed by atoms with Crippen LogP contribution in [0.5, 0.6) is 5.75 Å². The Morgan fingerprint density at radius 1 is 1.33 bits per heavy atom. The molecule has 0 heterocycles. The Labute approximate surface area is 140 Å². The fourth-order valence-electron chi connectivity index (χ4n) is 1.81. The molecule has 3 N–H and O–H groups in total. The van der Waals surface area contributed by atoms with Crippen LogP contribution in [0.15, 0.2) is 41.1 Å². The van der Waals surface area contributed by atoms with Crippen molar-refractivity contribution >= 4 is 16.1 Å². The Hall–Kier alpha value is -2.13. The zero-order valence-corrected chi connectivity index (χ0v) is 14.5. The van der Waals surface area contributed by atoms with Crippen LogP contribution in [0.1, 0.15) is 20.8 Å². The molecule has 0 saturated heterocycles. The van der Waals surface area contributed by atoms with E-state index in [9.17, 15) is 22.7 Å². The molecule has 0 aliphatic heterocycles. The van der Waals surface area contributed by atoms with Gasteiger partial charge in [0.25, 0.3) is 0 Å². The van der Waals surface area contributed by atoms with Gasteiger partial charge in [0.2, 0.25) is 10.0 Å². The maximum Gasteiger partial charge on any atom is 0.408 e. The molecule has 0 spiro atoms. The molecule has 9 heteroatoms. The van der Waals surface area contributed by atoms with Crippen LogP contribution in [0.25, 0.3) is 0 Å². The number of hydrogen-bond acceptors (Lipinski definition) is 4. The van der Waals surface area contributed by atoms with Crippen LogP contribution >= 0.6 is 0 Å². The van der Waals surface area contributed by atoms with E-state index in [1.54, 1.807) is 20.8 Å². The number of hydrogen-bond donors (Lipinski definition) is 2. The molecule has 0 saturated carbocycles. The molecule has 0 aliphatic carbocycles. The molecular weight excluding hydrogens is 339 g/mol. The van der Waals surface area contributed by atoms with Gasteiger partial charge in [0.1, 0.15) is 12.4 Å². The maximum atomic E-state index is 13.0. The molecule has 7 nitrogen and oxygen atoms in total. The number of primary sulfonamides is 1. The molecule has 0 fully saturated rings. The van der Waals surface area contributed by atoms with Crippen molar-refractivity contribution in [2.24, 2.45) is 5.14 Å². The first kappa shape index (κ1) is 19.9. The van der Waals surface area contributed by atoms with Crippen LogP contribution in [-0.4, -0.2) is 43.2 Å². The molecule has 1 aromatic carbocycles. The van der Waals surface area contributed by atoms with Gasteiger partial charge in [-0.25, -0.2) is 22.7 Å². The highest BCUT2D eigenvalue weighted by Gasteiger charge is 2.27. The lowest BCUT2D eigenvalue weighted by atomic mass is 10.1. The van der Waals surface area contributed by atoms with E-state index < -0.39 is 21.7 Å². The Morgan fingerprint density at radius 3 is 2.25 bits per heavy atom. The van der Waals surface area contributed by atoms with Crippen molar-refractivity contribution < 1.29 is 27.4 Å². The SMILES string of the molecule is CC(C)(C)N(C/C(=C/F)COc1ccc(S(N)(=O)=O)cc1)C(=O)O. The Morgan fingerprint density at radius 2 is 1.88 bits per heavy atom. The minimum Gasteiger partial charge on any atom is -0.489 e. The van der Waals surface area contributed by atoms with Crippen LogP contribution in [-0.2, 0) is 10.0 Å². The van der Waals surface area contributed by atoms with Crippen molar-refractivity contribution in [2.45, 2.75) is 31.2 Å². The van der Waals surface area contributed by atoms with Crippen LogP contribution in [0.4, 0.5) is 9.18 Å². The average Bonchev–Trinajstić information content (AvgIpc) is 2.45. The zero-order chi connectivity index (χ0) is 18.5. The summed E-state index contributed by atoms with van der Waals surface area (Å²) in [5.41, 5.74) is -0.570. The predicted molar refractivity (Wildman–Crippen MR) is 87.0 cm³/mol. The molecule has 134 valence electrons. The second-order valence-electron chi connectivity index (χ2n) is 6.11. The fourth-order valence-corrected chi connectivity index (χ4v) is 2.32. The first-order chi connectivity index (χ1) is 10.9. The number of benzene rings is 1. The number of carboxylic acid groups (broad SMARTS) is 1. The van der Waals surface area contributed by atoms with Crippen molar-refractivity contribution in [3.63, 3.8) is 0 Å². The molecule has 0 unspecified atom stereocenters. The van der Waals surface area contributed by atoms with E-state index in [0.717, 1.165) is 4.90 Å². The number of rotatable bonds is 6. The highest BCUT2D eigenvalue weighted by atomic mass is 32.2. The maximum absolute atomic E-state index is 13.0. The molecular formula is C15H21FN2O5S. The second kappa shape index (κ2) is 7.63. The summed E-state index contributed by atoms with van der Waals surface area (Å²) < 4.78 is 40.7. The van der Waals surface area contributed by atoms with E-state index in [1.807, 2.05) is 0 Å². The van der Waals surface area contributed by atoms with Crippen LogP contribution in [0, 0.1) is 0 Å². The number of halogens is 1. The van der Waals surface area contributed by atoms with Gasteiger partial charge in [0, 0.05) is 11.1 Å². The summed E-state index contributed by atoms with van der Waals surface area (Å²) in [5.74, 6) is 0.305. The lowest BCUT2D eigenvalue weighted by Gasteiger charge is -2.33. The van der Waals surface area contributed by atoms with Gasteiger partial charge in [-0.3, -0.25) is 4.90 Å². The van der Waals surface area contributed by atoms with Crippen molar-refractivity contribution in [2.75, 3.05) is 13.2 Å². The first-order valence-corrected chi connectivity index (χ1v) is 8.54. The zero-order valence-electron chi connectivity index (χ0n) is 13.7. The summed E-state index contributed by atoms with van der Waals surface area (Å²) in [5, 5.41) is 14.2. The van der Waals surface area contributed by atoms with E-state index in [0.29, 0.717) is 12.1 Å². The highest BCUT2D eigenvalue weighted by molar-refractivity contribution is 7.89. The minimum atomic E-state index is -3.80. The van der Waals surface area contributed by atoms with E-state index in [1.165, 1.54) is 24.3 Å². The quantitative estimate of drug-likeness (QED) is 0.809. The van der Waals surface area contributed by atoms with Gasteiger partial charge in [0.05, 0.1) is 17.8 Å². The molecule has 0 aliphatic rings. The minimum absolute atomic E-state index is 0.0686. The summed E-state index contributed by atoms with van der Waals surface area (Å²) in [6.45, 7) is 4.77. The second-order valence-corrected chi connectivity index (χ2v) is 7.67. The van der Waals surface area contributed by atoms with E-state index in [4.69, 9.17) is 9.88 Å². The highest BCUT2D eigenvalue weighted by Crippen LogP contribution is 2.18. The van der Waals surface area contributed by atoms with Crippen LogP contribution < -0.4 is 9.88 Å². The van der Waals surface area contributed by atoms with Crippen molar-refractivity contribution in [1.82, 2.24) is 4.90 Å². The number of ether oxygens (including phenoxy) is 1. The number of sulfonamides is 1. The van der Waals surface area contributed by atoms with Crippen LogP contribution in [0.3, 0.4) is 0 Å². The molecule has 0 aromatic heterocycles. The number of nitrogens with zero attached hydrogens (tertiary/aromatic N) is 1. The van der Waals surface area contributed by atoms with Gasteiger partial charge < -0.3 is 9.84 Å². The Kier molecular flexibility index (Phi) is 6.33. The summed E-state index contributed by atoms with van der Waals surface area (Å²) in [4.78, 5) is 12.3. The lowest BCUT2D eigenvalue weighted by molar-refractivity contribution is 0.105. The first-order valence-electron chi connectivity index (χ1n) is 6.99. The molecule has 1 amide bonds. The molecule has 0 bridgehead atoms. The topological polar surface area (TPSA) is 110 Å². The molecule has 1 rings (SSSR count). The third kappa shape index (κ3) is 5.82. The summed E-state index contributed by atoms with van der Waals surface area (Å²) in [6.07, 6.45) is -0.861. The van der Waals surface area contributed by atoms with Crippen molar-refractivity contribution in [3.05, 3.63) is 36.2 Å². The third-order valence-corrected chi connectivity index (χ3v) is 4.06.